The summed E-state index contributed by atoms with van der Waals surface area (Å²) in [5.74, 6) is -2.04. The normalized spacial score (nSPS) is 12.2. The molecule has 2 nitrogen and oxygen atoms in total. The molecule has 0 saturated heterocycles. The molecule has 0 spiro atoms. The first-order chi connectivity index (χ1) is 8.04. The molecule has 0 fully saturated rings. The molecule has 0 aromatic heterocycles. The topological polar surface area (TPSA) is 29.1 Å². The maximum absolute atomic E-state index is 13.3. The summed E-state index contributed by atoms with van der Waals surface area (Å²) in [5.41, 5.74) is -0.128. The van der Waals surface area contributed by atoms with Crippen LogP contribution in [0.5, 0.6) is 0 Å². The standard InChI is InChI=1S/C12H14BrF2NO/c1-8(3-2-6-13)16-12(17)10-5-4-9(14)7-11(10)15/h4-5,7-8H,2-3,6H2,1H3,(H,16,17). The molecule has 0 bridgehead atoms. The van der Waals surface area contributed by atoms with Gasteiger partial charge in [-0.3, -0.25) is 4.79 Å². The summed E-state index contributed by atoms with van der Waals surface area (Å²) in [7, 11) is 0. The molecule has 1 unspecified atom stereocenters. The second-order valence-electron chi connectivity index (χ2n) is 3.83. The van der Waals surface area contributed by atoms with E-state index in [0.717, 1.165) is 30.3 Å². The van der Waals surface area contributed by atoms with Crippen LogP contribution in [-0.4, -0.2) is 17.3 Å². The Morgan fingerprint density at radius 3 is 2.76 bits per heavy atom. The van der Waals surface area contributed by atoms with Crippen LogP contribution in [0.4, 0.5) is 8.78 Å². The minimum absolute atomic E-state index is 0.0375. The number of rotatable bonds is 5. The first-order valence-electron chi connectivity index (χ1n) is 5.36. The molecule has 94 valence electrons. The maximum atomic E-state index is 13.3. The number of carbonyl (C=O) groups excluding carboxylic acids is 1. The van der Waals surface area contributed by atoms with E-state index in [-0.39, 0.29) is 11.6 Å². The van der Waals surface area contributed by atoms with Crippen molar-refractivity contribution in [3.8, 4) is 0 Å². The van der Waals surface area contributed by atoms with Gasteiger partial charge in [0.15, 0.2) is 0 Å². The molecule has 1 rings (SSSR count). The third-order valence-electron chi connectivity index (χ3n) is 2.32. The van der Waals surface area contributed by atoms with E-state index in [9.17, 15) is 13.6 Å². The Morgan fingerprint density at radius 2 is 2.18 bits per heavy atom. The molecule has 0 radical (unpaired) electrons. The second kappa shape index (κ2) is 6.69. The molecule has 1 aromatic rings. The highest BCUT2D eigenvalue weighted by atomic mass is 79.9. The molecule has 5 heteroatoms. The average Bonchev–Trinajstić information content (AvgIpc) is 2.26. The Hall–Kier alpha value is -0.970. The summed E-state index contributed by atoms with van der Waals surface area (Å²) in [6, 6.07) is 2.89. The van der Waals surface area contributed by atoms with Crippen LogP contribution in [0.1, 0.15) is 30.1 Å². The lowest BCUT2D eigenvalue weighted by Crippen LogP contribution is -2.33. The molecule has 0 saturated carbocycles. The van der Waals surface area contributed by atoms with Crippen LogP contribution in [0, 0.1) is 11.6 Å². The quantitative estimate of drug-likeness (QED) is 0.831. The highest BCUT2D eigenvalue weighted by molar-refractivity contribution is 9.09. The maximum Gasteiger partial charge on any atom is 0.254 e. The van der Waals surface area contributed by atoms with Gasteiger partial charge in [-0.2, -0.15) is 0 Å². The van der Waals surface area contributed by atoms with Gasteiger partial charge in [0.2, 0.25) is 0 Å². The van der Waals surface area contributed by atoms with Gasteiger partial charge in [-0.05, 0) is 31.9 Å². The number of hydrogen-bond donors (Lipinski definition) is 1. The number of hydrogen-bond acceptors (Lipinski definition) is 1. The fourth-order valence-electron chi connectivity index (χ4n) is 1.43. The Bertz CT molecular complexity index is 398. The number of amides is 1. The fourth-order valence-corrected chi connectivity index (χ4v) is 1.75. The van der Waals surface area contributed by atoms with Crippen LogP contribution in [0.15, 0.2) is 18.2 Å². The van der Waals surface area contributed by atoms with E-state index in [1.165, 1.54) is 0 Å². The van der Waals surface area contributed by atoms with Crippen molar-refractivity contribution in [3.63, 3.8) is 0 Å². The Kier molecular flexibility index (Phi) is 5.55. The van der Waals surface area contributed by atoms with Gasteiger partial charge in [0.05, 0.1) is 5.56 Å². The number of carbonyl (C=O) groups is 1. The highest BCUT2D eigenvalue weighted by Gasteiger charge is 2.14. The van der Waals surface area contributed by atoms with Crippen molar-refractivity contribution in [2.24, 2.45) is 0 Å². The predicted octanol–water partition coefficient (Wildman–Crippen LogP) is 3.26. The van der Waals surface area contributed by atoms with Gasteiger partial charge >= 0.3 is 0 Å². The SMILES string of the molecule is CC(CCCBr)NC(=O)c1ccc(F)cc1F. The van der Waals surface area contributed by atoms with Crippen LogP contribution in [0.2, 0.25) is 0 Å². The number of nitrogens with one attached hydrogen (secondary N) is 1. The fraction of sp³-hybridized carbons (Fsp3) is 0.417. The molecule has 17 heavy (non-hydrogen) atoms. The molecule has 1 aromatic carbocycles. The summed E-state index contributed by atoms with van der Waals surface area (Å²) in [6.45, 7) is 1.85. The van der Waals surface area contributed by atoms with E-state index in [1.54, 1.807) is 0 Å². The predicted molar refractivity (Wildman–Crippen MR) is 66.3 cm³/mol. The summed E-state index contributed by atoms with van der Waals surface area (Å²) in [6.07, 6.45) is 1.73. The Labute approximate surface area is 108 Å². The van der Waals surface area contributed by atoms with Crippen LogP contribution >= 0.6 is 15.9 Å². The van der Waals surface area contributed by atoms with Gasteiger partial charge in [-0.25, -0.2) is 8.78 Å². The van der Waals surface area contributed by atoms with Gasteiger partial charge in [-0.15, -0.1) is 0 Å². The van der Waals surface area contributed by atoms with E-state index in [4.69, 9.17) is 0 Å². The Morgan fingerprint density at radius 1 is 1.47 bits per heavy atom. The van der Waals surface area contributed by atoms with Gasteiger partial charge in [-0.1, -0.05) is 15.9 Å². The first-order valence-corrected chi connectivity index (χ1v) is 6.48. The number of halogens is 3. The first kappa shape index (κ1) is 14.1. The lowest BCUT2D eigenvalue weighted by molar-refractivity contribution is 0.0934. The van der Waals surface area contributed by atoms with E-state index < -0.39 is 17.5 Å². The molecule has 0 aliphatic rings. The Balaban J connectivity index is 2.63. The van der Waals surface area contributed by atoms with E-state index in [1.807, 2.05) is 6.92 Å². The van der Waals surface area contributed by atoms with Gasteiger partial charge < -0.3 is 5.32 Å². The number of benzene rings is 1. The van der Waals surface area contributed by atoms with E-state index >= 15 is 0 Å². The zero-order chi connectivity index (χ0) is 12.8. The van der Waals surface area contributed by atoms with Crippen molar-refractivity contribution in [2.45, 2.75) is 25.8 Å². The molecule has 1 N–H and O–H groups in total. The second-order valence-corrected chi connectivity index (χ2v) is 4.62. The van der Waals surface area contributed by atoms with Crippen molar-refractivity contribution >= 4 is 21.8 Å². The van der Waals surface area contributed by atoms with Crippen LogP contribution in [0.3, 0.4) is 0 Å². The van der Waals surface area contributed by atoms with Crippen LogP contribution < -0.4 is 5.32 Å². The zero-order valence-electron chi connectivity index (χ0n) is 9.47. The van der Waals surface area contributed by atoms with Crippen molar-refractivity contribution < 1.29 is 13.6 Å². The number of alkyl halides is 1. The summed E-state index contributed by atoms with van der Waals surface area (Å²) in [4.78, 5) is 11.7. The van der Waals surface area contributed by atoms with Crippen molar-refractivity contribution in [1.82, 2.24) is 5.32 Å². The molecular weight excluding hydrogens is 292 g/mol. The van der Waals surface area contributed by atoms with Crippen molar-refractivity contribution in [2.75, 3.05) is 5.33 Å². The van der Waals surface area contributed by atoms with Gasteiger partial charge in [0.25, 0.3) is 5.91 Å². The van der Waals surface area contributed by atoms with Crippen LogP contribution in [-0.2, 0) is 0 Å². The summed E-state index contributed by atoms with van der Waals surface area (Å²) < 4.78 is 26.0. The van der Waals surface area contributed by atoms with Crippen LogP contribution in [0.25, 0.3) is 0 Å². The van der Waals surface area contributed by atoms with Crippen molar-refractivity contribution in [3.05, 3.63) is 35.4 Å². The van der Waals surface area contributed by atoms with Gasteiger partial charge in [0.1, 0.15) is 11.6 Å². The minimum Gasteiger partial charge on any atom is -0.349 e. The smallest absolute Gasteiger partial charge is 0.254 e. The minimum atomic E-state index is -0.838. The highest BCUT2D eigenvalue weighted by Crippen LogP contribution is 2.10. The summed E-state index contributed by atoms with van der Waals surface area (Å²) in [5, 5.41) is 3.53. The molecule has 0 aliphatic heterocycles. The largest absolute Gasteiger partial charge is 0.349 e. The third-order valence-corrected chi connectivity index (χ3v) is 2.88. The molecule has 0 aliphatic carbocycles. The monoisotopic (exact) mass is 305 g/mol. The third kappa shape index (κ3) is 4.42. The average molecular weight is 306 g/mol. The summed E-state index contributed by atoms with van der Waals surface area (Å²) >= 11 is 3.29. The lowest BCUT2D eigenvalue weighted by Gasteiger charge is -2.13. The van der Waals surface area contributed by atoms with Crippen molar-refractivity contribution in [1.29, 1.82) is 0 Å². The molecular formula is C12H14BrF2NO. The van der Waals surface area contributed by atoms with E-state index in [0.29, 0.717) is 6.07 Å². The van der Waals surface area contributed by atoms with E-state index in [2.05, 4.69) is 21.2 Å². The van der Waals surface area contributed by atoms with Gasteiger partial charge in [0, 0.05) is 17.4 Å². The zero-order valence-corrected chi connectivity index (χ0v) is 11.1. The molecule has 0 heterocycles. The molecule has 1 atom stereocenters. The molecule has 1 amide bonds. The lowest BCUT2D eigenvalue weighted by atomic mass is 10.1.